The number of carbonyl (C=O) groups excluding carboxylic acids is 1. The van der Waals surface area contributed by atoms with Crippen LogP contribution >= 0.6 is 0 Å². The fourth-order valence-electron chi connectivity index (χ4n) is 3.12. The zero-order valence-electron chi connectivity index (χ0n) is 19.7. The van der Waals surface area contributed by atoms with Crippen molar-refractivity contribution in [3.8, 4) is 0 Å². The Morgan fingerprint density at radius 2 is 1.29 bits per heavy atom. The molecule has 0 saturated heterocycles. The van der Waals surface area contributed by atoms with E-state index in [9.17, 15) is 13.2 Å². The fraction of sp³-hybridized carbons (Fsp3) is 0.952. The zero-order chi connectivity index (χ0) is 20.5. The fourth-order valence-corrected chi connectivity index (χ4v) is 3.77. The van der Waals surface area contributed by atoms with E-state index in [2.05, 4.69) is 13.8 Å². The smallest absolute Gasteiger partial charge is 1.00 e. The number of carbonyl (C=O) groups is 1. The topological polar surface area (TPSA) is 80.7 Å². The normalized spacial score (nSPS) is 13.6. The second-order valence-electron chi connectivity index (χ2n) is 7.78. The van der Waals surface area contributed by atoms with Gasteiger partial charge in [0.15, 0.2) is 0 Å². The van der Waals surface area contributed by atoms with Gasteiger partial charge in [-0.25, -0.2) is 0 Å². The van der Waals surface area contributed by atoms with Crippen LogP contribution < -0.4 is 29.6 Å². The first-order valence-electron chi connectivity index (χ1n) is 11.0. The van der Waals surface area contributed by atoms with Crippen molar-refractivity contribution in [2.24, 2.45) is 5.92 Å². The molecule has 28 heavy (non-hydrogen) atoms. The Morgan fingerprint density at radius 3 is 1.68 bits per heavy atom. The number of rotatable bonds is 18. The minimum atomic E-state index is -4.31. The van der Waals surface area contributed by atoms with Gasteiger partial charge in [0.1, 0.15) is 0 Å². The van der Waals surface area contributed by atoms with Crippen LogP contribution in [-0.4, -0.2) is 24.4 Å². The van der Waals surface area contributed by atoms with Crippen LogP contribution in [0.15, 0.2) is 0 Å². The maximum absolute atomic E-state index is 11.6. The summed E-state index contributed by atoms with van der Waals surface area (Å²) in [5.41, 5.74) is -1.43. The molecule has 0 bridgehead atoms. The van der Waals surface area contributed by atoms with Gasteiger partial charge in [0.2, 0.25) is 5.44 Å². The van der Waals surface area contributed by atoms with E-state index in [1.807, 2.05) is 0 Å². The Bertz CT molecular complexity index is 474. The molecular formula is C21H43NaO5S. The van der Waals surface area contributed by atoms with Crippen molar-refractivity contribution >= 4 is 16.1 Å². The second-order valence-corrected chi connectivity index (χ2v) is 9.34. The summed E-state index contributed by atoms with van der Waals surface area (Å²) in [4.78, 5) is 11.6. The molecule has 0 amide bonds. The molecule has 0 spiro atoms. The van der Waals surface area contributed by atoms with Gasteiger partial charge in [0.25, 0.3) is 0 Å². The summed E-state index contributed by atoms with van der Waals surface area (Å²) in [7, 11) is -4.31. The van der Waals surface area contributed by atoms with Gasteiger partial charge in [-0.05, 0) is 18.8 Å². The predicted molar refractivity (Wildman–Crippen MR) is 112 cm³/mol. The average molecular weight is 431 g/mol. The SMILES string of the molecule is CCC(C)CCCCCCCCCCCCCC(=O)OC(CC)S(=O)(=O)O.[H-].[Na+]. The van der Waals surface area contributed by atoms with Gasteiger partial charge >= 0.3 is 45.6 Å². The molecule has 0 fully saturated rings. The molecule has 0 radical (unpaired) electrons. The minimum Gasteiger partial charge on any atom is -1.00 e. The van der Waals surface area contributed by atoms with Crippen molar-refractivity contribution < 1.29 is 53.5 Å². The molecule has 0 aromatic heterocycles. The Hall–Kier alpha value is 0.380. The van der Waals surface area contributed by atoms with Gasteiger partial charge in [0, 0.05) is 6.42 Å². The summed E-state index contributed by atoms with van der Waals surface area (Å²) in [6.07, 6.45) is 16.2. The molecule has 0 saturated carbocycles. The summed E-state index contributed by atoms with van der Waals surface area (Å²) in [6.45, 7) is 6.16. The van der Waals surface area contributed by atoms with E-state index >= 15 is 0 Å². The molecule has 164 valence electrons. The molecule has 2 unspecified atom stereocenters. The number of hydrogen-bond donors (Lipinski definition) is 1. The predicted octanol–water partition coefficient (Wildman–Crippen LogP) is 3.39. The van der Waals surface area contributed by atoms with E-state index in [0.717, 1.165) is 18.8 Å². The maximum Gasteiger partial charge on any atom is 1.00 e. The number of hydrogen-bond acceptors (Lipinski definition) is 4. The van der Waals surface area contributed by atoms with Crippen LogP contribution in [0.2, 0.25) is 0 Å². The minimum absolute atomic E-state index is 0. The van der Waals surface area contributed by atoms with Crippen molar-refractivity contribution in [2.75, 3.05) is 0 Å². The van der Waals surface area contributed by atoms with Crippen LogP contribution in [-0.2, 0) is 19.6 Å². The Labute approximate surface area is 197 Å². The van der Waals surface area contributed by atoms with Crippen LogP contribution in [0.4, 0.5) is 0 Å². The summed E-state index contributed by atoms with van der Waals surface area (Å²) < 4.78 is 35.7. The van der Waals surface area contributed by atoms with Gasteiger partial charge < -0.3 is 6.16 Å². The number of ether oxygens (including phenoxy) is 1. The third-order valence-corrected chi connectivity index (χ3v) is 6.30. The van der Waals surface area contributed by atoms with Gasteiger partial charge in [-0.15, -0.1) is 0 Å². The van der Waals surface area contributed by atoms with Crippen LogP contribution in [0.25, 0.3) is 0 Å². The standard InChI is InChI=1S/C21H42O5S.Na.H/c1-4-19(3)17-15-13-11-9-7-6-8-10-12-14-16-18-20(22)26-21(5-2)27(23,24)25;;/h19,21H,4-18H2,1-3H3,(H,23,24,25);;/q;+1;-1. The second kappa shape index (κ2) is 19.3. The van der Waals surface area contributed by atoms with Gasteiger partial charge in [0.05, 0.1) is 0 Å². The van der Waals surface area contributed by atoms with Crippen molar-refractivity contribution in [1.29, 1.82) is 0 Å². The third kappa shape index (κ3) is 18.4. The quantitative estimate of drug-likeness (QED) is 0.156. The Balaban J connectivity index is -0.00000338. The molecule has 5 nitrogen and oxygen atoms in total. The van der Waals surface area contributed by atoms with Crippen molar-refractivity contribution in [3.63, 3.8) is 0 Å². The van der Waals surface area contributed by atoms with Crippen LogP contribution in [0.5, 0.6) is 0 Å². The summed E-state index contributed by atoms with van der Waals surface area (Å²) in [5.74, 6) is 0.329. The van der Waals surface area contributed by atoms with E-state index < -0.39 is 21.5 Å². The van der Waals surface area contributed by atoms with Crippen LogP contribution in [0.3, 0.4) is 0 Å². The van der Waals surface area contributed by atoms with E-state index in [1.165, 1.54) is 64.2 Å². The first-order chi connectivity index (χ1) is 12.8. The molecule has 0 aliphatic heterocycles. The third-order valence-electron chi connectivity index (χ3n) is 5.20. The Kier molecular flexibility index (Phi) is 21.1. The monoisotopic (exact) mass is 430 g/mol. The van der Waals surface area contributed by atoms with E-state index in [1.54, 1.807) is 6.92 Å². The Morgan fingerprint density at radius 1 is 0.857 bits per heavy atom. The van der Waals surface area contributed by atoms with E-state index in [-0.39, 0.29) is 43.8 Å². The molecular weight excluding hydrogens is 387 g/mol. The largest absolute Gasteiger partial charge is 1.00 e. The van der Waals surface area contributed by atoms with Crippen molar-refractivity contribution in [1.82, 2.24) is 0 Å². The van der Waals surface area contributed by atoms with Crippen LogP contribution in [0, 0.1) is 5.92 Å². The van der Waals surface area contributed by atoms with Crippen molar-refractivity contribution in [2.45, 2.75) is 123 Å². The molecule has 1 N–H and O–H groups in total. The molecule has 0 aliphatic rings. The molecule has 7 heteroatoms. The average Bonchev–Trinajstić information content (AvgIpc) is 2.62. The van der Waals surface area contributed by atoms with Gasteiger partial charge in [-0.3, -0.25) is 9.35 Å². The summed E-state index contributed by atoms with van der Waals surface area (Å²) in [5, 5.41) is 0. The van der Waals surface area contributed by atoms with E-state index in [0.29, 0.717) is 6.42 Å². The first kappa shape index (κ1) is 30.6. The number of unbranched alkanes of at least 4 members (excludes halogenated alkanes) is 10. The van der Waals surface area contributed by atoms with Crippen molar-refractivity contribution in [3.05, 3.63) is 0 Å². The van der Waals surface area contributed by atoms with Gasteiger partial charge in [-0.2, -0.15) is 8.42 Å². The molecule has 0 heterocycles. The zero-order valence-corrected chi connectivity index (χ0v) is 21.6. The molecule has 2 atom stereocenters. The van der Waals surface area contributed by atoms with Crippen LogP contribution in [0.1, 0.15) is 119 Å². The molecule has 0 rings (SSSR count). The number of esters is 1. The molecule has 0 aromatic rings. The summed E-state index contributed by atoms with van der Waals surface area (Å²) in [6, 6.07) is 0. The van der Waals surface area contributed by atoms with E-state index in [4.69, 9.17) is 9.29 Å². The molecule has 0 aromatic carbocycles. The maximum atomic E-state index is 11.6. The first-order valence-corrected chi connectivity index (χ1v) is 12.5. The van der Waals surface area contributed by atoms with Gasteiger partial charge in [-0.1, -0.05) is 97.8 Å². The molecule has 0 aliphatic carbocycles. The summed E-state index contributed by atoms with van der Waals surface area (Å²) >= 11 is 0.